The van der Waals surface area contributed by atoms with Gasteiger partial charge in [-0.15, -0.1) is 24.8 Å². The van der Waals surface area contributed by atoms with Gasteiger partial charge in [-0.2, -0.15) is 0 Å². The van der Waals surface area contributed by atoms with Gasteiger partial charge in [-0.25, -0.2) is 4.98 Å². The molecular weight excluding hydrogens is 359 g/mol. The van der Waals surface area contributed by atoms with Crippen LogP contribution in [0.15, 0.2) is 42.6 Å². The normalized spacial score (nSPS) is 9.52. The number of nitrogens with zero attached hydrogens (tertiary/aromatic N) is 2. The summed E-state index contributed by atoms with van der Waals surface area (Å²) in [5.41, 5.74) is 8.28. The van der Waals surface area contributed by atoms with Crippen molar-refractivity contribution >= 4 is 42.2 Å². The lowest BCUT2D eigenvalue weighted by atomic mass is 10.1. The Morgan fingerprint density at radius 3 is 2.16 bits per heavy atom. The summed E-state index contributed by atoms with van der Waals surface area (Å²) in [4.78, 5) is 18.6. The molecule has 1 aromatic heterocycles. The quantitative estimate of drug-likeness (QED) is 0.718. The Labute approximate surface area is 161 Å². The van der Waals surface area contributed by atoms with Crippen LogP contribution in [-0.4, -0.2) is 24.0 Å². The summed E-state index contributed by atoms with van der Waals surface area (Å²) >= 11 is 0. The van der Waals surface area contributed by atoms with Gasteiger partial charge in [-0.1, -0.05) is 18.2 Å². The lowest BCUT2D eigenvalue weighted by Crippen LogP contribution is -2.25. The highest BCUT2D eigenvalue weighted by Gasteiger charge is 2.05. The number of pyridine rings is 1. The zero-order valence-electron chi connectivity index (χ0n) is 14.6. The first-order valence-corrected chi connectivity index (χ1v) is 7.93. The largest absolute Gasteiger partial charge is 0.399 e. The fraction of sp³-hybridized carbons (Fsp3) is 0.333. The summed E-state index contributed by atoms with van der Waals surface area (Å²) in [6, 6.07) is 11.3. The Morgan fingerprint density at radius 2 is 1.64 bits per heavy atom. The first kappa shape index (κ1) is 23.0. The van der Waals surface area contributed by atoms with E-state index < -0.39 is 0 Å². The van der Waals surface area contributed by atoms with E-state index in [1.165, 1.54) is 0 Å². The highest BCUT2D eigenvalue weighted by Crippen LogP contribution is 2.11. The molecule has 1 heterocycles. The monoisotopic (exact) mass is 384 g/mol. The molecule has 0 fully saturated rings. The van der Waals surface area contributed by atoms with Crippen LogP contribution in [0.2, 0.25) is 0 Å². The van der Waals surface area contributed by atoms with Crippen molar-refractivity contribution < 1.29 is 4.79 Å². The zero-order valence-corrected chi connectivity index (χ0v) is 16.2. The third kappa shape index (κ3) is 7.20. The summed E-state index contributed by atoms with van der Waals surface area (Å²) in [5, 5.41) is 2.91. The number of nitrogens with one attached hydrogen (secondary N) is 1. The summed E-state index contributed by atoms with van der Waals surface area (Å²) in [6.07, 6.45) is 2.17. The first-order chi connectivity index (χ1) is 11.1. The van der Waals surface area contributed by atoms with Crippen molar-refractivity contribution in [3.05, 3.63) is 53.7 Å². The van der Waals surface area contributed by atoms with Crippen molar-refractivity contribution in [3.63, 3.8) is 0 Å². The fourth-order valence-electron chi connectivity index (χ4n) is 2.34. The van der Waals surface area contributed by atoms with Crippen molar-refractivity contribution in [1.29, 1.82) is 0 Å². The summed E-state index contributed by atoms with van der Waals surface area (Å²) < 4.78 is 0. The molecule has 5 nitrogen and oxygen atoms in total. The second-order valence-corrected chi connectivity index (χ2v) is 5.39. The van der Waals surface area contributed by atoms with Gasteiger partial charge in [-0.3, -0.25) is 4.79 Å². The molecule has 2 aromatic rings. The molecule has 0 unspecified atom stereocenters. The van der Waals surface area contributed by atoms with Gasteiger partial charge in [0.25, 0.3) is 0 Å². The molecule has 138 valence electrons. The Hall–Kier alpha value is -1.98. The number of hydrogen-bond donors (Lipinski definition) is 2. The molecule has 0 spiro atoms. The van der Waals surface area contributed by atoms with Crippen molar-refractivity contribution in [3.8, 4) is 0 Å². The van der Waals surface area contributed by atoms with Crippen LogP contribution in [0.4, 0.5) is 11.5 Å². The van der Waals surface area contributed by atoms with E-state index in [1.54, 1.807) is 12.1 Å². The number of carbonyl (C=O) groups excluding carboxylic acids is 1. The number of nitrogens with two attached hydrogens (primary N) is 1. The van der Waals surface area contributed by atoms with Gasteiger partial charge in [0.05, 0.1) is 6.42 Å². The number of nitrogen functional groups attached to an aromatic ring is 1. The molecule has 1 amide bonds. The van der Waals surface area contributed by atoms with Gasteiger partial charge in [-0.05, 0) is 43.2 Å². The highest BCUT2D eigenvalue weighted by atomic mass is 35.5. The van der Waals surface area contributed by atoms with Crippen LogP contribution in [0.25, 0.3) is 0 Å². The molecule has 1 aromatic carbocycles. The molecule has 0 saturated carbocycles. The van der Waals surface area contributed by atoms with E-state index in [9.17, 15) is 4.79 Å². The van der Waals surface area contributed by atoms with E-state index in [1.807, 2.05) is 30.5 Å². The van der Waals surface area contributed by atoms with Gasteiger partial charge in [0.15, 0.2) is 0 Å². The number of hydrogen-bond acceptors (Lipinski definition) is 4. The molecule has 25 heavy (non-hydrogen) atoms. The molecule has 0 aliphatic heterocycles. The minimum atomic E-state index is -0.0115. The minimum absolute atomic E-state index is 0. The Morgan fingerprint density at radius 1 is 1.04 bits per heavy atom. The topological polar surface area (TPSA) is 71.2 Å². The van der Waals surface area contributed by atoms with Gasteiger partial charge in [0.2, 0.25) is 5.91 Å². The van der Waals surface area contributed by atoms with Crippen LogP contribution in [0.1, 0.15) is 25.0 Å². The standard InChI is InChI=1S/C18H24N4O.2ClH/c1-3-22(4-2)17-10-7-15(12-20-17)13-21-18(23)11-14-5-8-16(19)9-6-14;;/h5-10,12H,3-4,11,13,19H2,1-2H3,(H,21,23);2*1H. The van der Waals surface area contributed by atoms with Crippen LogP contribution >= 0.6 is 24.8 Å². The molecule has 0 bridgehead atoms. The zero-order chi connectivity index (χ0) is 16.7. The number of benzene rings is 1. The number of halogens is 2. The third-order valence-electron chi connectivity index (χ3n) is 3.73. The fourth-order valence-corrected chi connectivity index (χ4v) is 2.34. The average Bonchev–Trinajstić information content (AvgIpc) is 2.57. The number of rotatable bonds is 7. The maximum Gasteiger partial charge on any atom is 0.224 e. The van der Waals surface area contributed by atoms with Crippen molar-refractivity contribution in [2.45, 2.75) is 26.8 Å². The number of aromatic nitrogens is 1. The lowest BCUT2D eigenvalue weighted by Gasteiger charge is -2.19. The Bertz CT molecular complexity index is 629. The Balaban J connectivity index is 0.00000288. The molecule has 7 heteroatoms. The van der Waals surface area contributed by atoms with Crippen LogP contribution in [0.3, 0.4) is 0 Å². The predicted molar refractivity (Wildman–Crippen MR) is 109 cm³/mol. The van der Waals surface area contributed by atoms with Gasteiger partial charge in [0.1, 0.15) is 5.82 Å². The molecule has 2 rings (SSSR count). The second kappa shape index (κ2) is 11.6. The lowest BCUT2D eigenvalue weighted by molar-refractivity contribution is -0.120. The van der Waals surface area contributed by atoms with Gasteiger partial charge >= 0.3 is 0 Å². The summed E-state index contributed by atoms with van der Waals surface area (Å²) in [6.45, 7) is 6.56. The molecule has 0 radical (unpaired) electrons. The van der Waals surface area contributed by atoms with Crippen LogP contribution in [-0.2, 0) is 17.8 Å². The van der Waals surface area contributed by atoms with E-state index in [4.69, 9.17) is 5.73 Å². The van der Waals surface area contributed by atoms with E-state index in [2.05, 4.69) is 29.0 Å². The molecular formula is C18H26Cl2N4O. The molecule has 0 aliphatic carbocycles. The third-order valence-corrected chi connectivity index (χ3v) is 3.73. The number of amides is 1. The van der Waals surface area contributed by atoms with E-state index in [-0.39, 0.29) is 30.7 Å². The highest BCUT2D eigenvalue weighted by molar-refractivity contribution is 5.85. The number of carbonyl (C=O) groups is 1. The molecule has 3 N–H and O–H groups in total. The summed E-state index contributed by atoms with van der Waals surface area (Å²) in [7, 11) is 0. The Kier molecular flexibility index (Phi) is 10.6. The van der Waals surface area contributed by atoms with Crippen LogP contribution in [0, 0.1) is 0 Å². The van der Waals surface area contributed by atoms with Crippen LogP contribution < -0.4 is 16.0 Å². The van der Waals surface area contributed by atoms with Crippen molar-refractivity contribution in [2.75, 3.05) is 23.7 Å². The number of anilines is 2. The van der Waals surface area contributed by atoms with Crippen molar-refractivity contribution in [2.24, 2.45) is 0 Å². The molecule has 0 atom stereocenters. The second-order valence-electron chi connectivity index (χ2n) is 5.39. The van der Waals surface area contributed by atoms with Gasteiger partial charge < -0.3 is 16.0 Å². The predicted octanol–water partition coefficient (Wildman–Crippen LogP) is 3.21. The van der Waals surface area contributed by atoms with Gasteiger partial charge in [0, 0.05) is 31.5 Å². The van der Waals surface area contributed by atoms with Crippen molar-refractivity contribution in [1.82, 2.24) is 10.3 Å². The van der Waals surface area contributed by atoms with E-state index in [0.717, 1.165) is 30.0 Å². The van der Waals surface area contributed by atoms with Crippen LogP contribution in [0.5, 0.6) is 0 Å². The average molecular weight is 385 g/mol. The smallest absolute Gasteiger partial charge is 0.224 e. The maximum absolute atomic E-state index is 12.0. The van der Waals surface area contributed by atoms with E-state index in [0.29, 0.717) is 18.7 Å². The molecule has 0 saturated heterocycles. The minimum Gasteiger partial charge on any atom is -0.399 e. The molecule has 0 aliphatic rings. The SMILES string of the molecule is CCN(CC)c1ccc(CNC(=O)Cc2ccc(N)cc2)cn1.Cl.Cl. The summed E-state index contributed by atoms with van der Waals surface area (Å²) in [5.74, 6) is 0.953. The van der Waals surface area contributed by atoms with E-state index >= 15 is 0 Å². The maximum atomic E-state index is 12.0. The first-order valence-electron chi connectivity index (χ1n) is 7.93.